The smallest absolute Gasteiger partial charge is 0.243 e. The van der Waals surface area contributed by atoms with Crippen LogP contribution in [0.4, 0.5) is 4.39 Å². The van der Waals surface area contributed by atoms with Crippen molar-refractivity contribution in [2.75, 3.05) is 19.7 Å². The minimum atomic E-state index is -3.80. The maximum absolute atomic E-state index is 13.3. The number of hydrogen-bond donors (Lipinski definition) is 1. The molecule has 21 heavy (non-hydrogen) atoms. The van der Waals surface area contributed by atoms with Gasteiger partial charge < -0.3 is 10.5 Å². The van der Waals surface area contributed by atoms with Crippen LogP contribution in [-0.4, -0.2) is 44.6 Å². The number of nitrogens with zero attached hydrogens (tertiary/aromatic N) is 2. The second-order valence-corrected chi connectivity index (χ2v) is 6.82. The summed E-state index contributed by atoms with van der Waals surface area (Å²) in [7, 11) is -3.80. The van der Waals surface area contributed by atoms with Gasteiger partial charge in [0.15, 0.2) is 0 Å². The third kappa shape index (κ3) is 3.22. The van der Waals surface area contributed by atoms with Crippen molar-refractivity contribution in [3.8, 4) is 6.07 Å². The Bertz CT molecular complexity index is 670. The van der Waals surface area contributed by atoms with Gasteiger partial charge in [0.2, 0.25) is 10.0 Å². The van der Waals surface area contributed by atoms with Crippen LogP contribution in [0.3, 0.4) is 0 Å². The molecule has 6 nitrogen and oxygen atoms in total. The van der Waals surface area contributed by atoms with Crippen LogP contribution in [0.15, 0.2) is 23.1 Å². The van der Waals surface area contributed by atoms with E-state index in [-0.39, 0.29) is 42.3 Å². The molecule has 0 aromatic heterocycles. The van der Waals surface area contributed by atoms with Gasteiger partial charge in [-0.2, -0.15) is 9.57 Å². The predicted molar refractivity (Wildman–Crippen MR) is 73.3 cm³/mol. The SMILES string of the molecule is CC(N)C1CN(S(=O)(=O)c2ccc(F)c(C#N)c2)CCO1. The van der Waals surface area contributed by atoms with E-state index in [9.17, 15) is 12.8 Å². The maximum atomic E-state index is 13.3. The summed E-state index contributed by atoms with van der Waals surface area (Å²) >= 11 is 0. The van der Waals surface area contributed by atoms with Crippen molar-refractivity contribution in [1.82, 2.24) is 4.31 Å². The molecule has 1 heterocycles. The van der Waals surface area contributed by atoms with Gasteiger partial charge in [0.25, 0.3) is 0 Å². The van der Waals surface area contributed by atoms with Gasteiger partial charge in [0.05, 0.1) is 23.2 Å². The van der Waals surface area contributed by atoms with Crippen LogP contribution >= 0.6 is 0 Å². The van der Waals surface area contributed by atoms with Crippen molar-refractivity contribution in [1.29, 1.82) is 5.26 Å². The highest BCUT2D eigenvalue weighted by Crippen LogP contribution is 2.21. The summed E-state index contributed by atoms with van der Waals surface area (Å²) in [5.41, 5.74) is 5.44. The highest BCUT2D eigenvalue weighted by atomic mass is 32.2. The lowest BCUT2D eigenvalue weighted by atomic mass is 10.2. The fourth-order valence-corrected chi connectivity index (χ4v) is 3.55. The van der Waals surface area contributed by atoms with Crippen molar-refractivity contribution in [2.24, 2.45) is 5.73 Å². The normalized spacial score (nSPS) is 21.7. The number of hydrogen-bond acceptors (Lipinski definition) is 5. The van der Waals surface area contributed by atoms with Crippen LogP contribution in [0, 0.1) is 17.1 Å². The van der Waals surface area contributed by atoms with Gasteiger partial charge in [-0.3, -0.25) is 0 Å². The second-order valence-electron chi connectivity index (χ2n) is 4.88. The first-order valence-corrected chi connectivity index (χ1v) is 7.87. The minimum Gasteiger partial charge on any atom is -0.374 e. The average molecular weight is 313 g/mol. The number of rotatable bonds is 3. The minimum absolute atomic E-state index is 0.106. The molecule has 114 valence electrons. The van der Waals surface area contributed by atoms with E-state index in [1.54, 1.807) is 13.0 Å². The molecule has 1 aliphatic heterocycles. The molecule has 0 saturated carbocycles. The summed E-state index contributed by atoms with van der Waals surface area (Å²) < 4.78 is 45.0. The molecule has 0 aliphatic carbocycles. The molecule has 1 aliphatic rings. The molecule has 1 saturated heterocycles. The molecule has 0 amide bonds. The van der Waals surface area contributed by atoms with E-state index in [0.717, 1.165) is 18.2 Å². The zero-order chi connectivity index (χ0) is 15.6. The van der Waals surface area contributed by atoms with E-state index in [4.69, 9.17) is 15.7 Å². The van der Waals surface area contributed by atoms with Crippen molar-refractivity contribution in [3.63, 3.8) is 0 Å². The van der Waals surface area contributed by atoms with Gasteiger partial charge in [-0.05, 0) is 25.1 Å². The van der Waals surface area contributed by atoms with Crippen LogP contribution in [-0.2, 0) is 14.8 Å². The molecule has 1 fully saturated rings. The Morgan fingerprint density at radius 1 is 1.57 bits per heavy atom. The lowest BCUT2D eigenvalue weighted by Crippen LogP contribution is -2.51. The number of ether oxygens (including phenoxy) is 1. The zero-order valence-corrected chi connectivity index (χ0v) is 12.3. The van der Waals surface area contributed by atoms with Gasteiger partial charge in [0, 0.05) is 19.1 Å². The molecule has 2 N–H and O–H groups in total. The van der Waals surface area contributed by atoms with Crippen molar-refractivity contribution in [3.05, 3.63) is 29.6 Å². The number of morpholine rings is 1. The molecule has 0 spiro atoms. The molecule has 2 rings (SSSR count). The van der Waals surface area contributed by atoms with Crippen molar-refractivity contribution >= 4 is 10.0 Å². The highest BCUT2D eigenvalue weighted by molar-refractivity contribution is 7.89. The first-order chi connectivity index (χ1) is 9.86. The molecule has 1 aromatic carbocycles. The lowest BCUT2D eigenvalue weighted by molar-refractivity contribution is -0.0120. The van der Waals surface area contributed by atoms with Crippen LogP contribution in [0.25, 0.3) is 0 Å². The standard InChI is InChI=1S/C13H16FN3O3S/c1-9(16)13-8-17(4-5-20-13)21(18,19)11-2-3-12(14)10(6-11)7-15/h2-3,6,9,13H,4-5,8,16H2,1H3. The van der Waals surface area contributed by atoms with Gasteiger partial charge in [0.1, 0.15) is 11.9 Å². The summed E-state index contributed by atoms with van der Waals surface area (Å²) in [6, 6.07) is 4.51. The van der Waals surface area contributed by atoms with Crippen molar-refractivity contribution < 1.29 is 17.5 Å². The summed E-state index contributed by atoms with van der Waals surface area (Å²) in [5, 5.41) is 8.80. The van der Waals surface area contributed by atoms with E-state index < -0.39 is 15.8 Å². The highest BCUT2D eigenvalue weighted by Gasteiger charge is 2.32. The Morgan fingerprint density at radius 3 is 2.90 bits per heavy atom. The maximum Gasteiger partial charge on any atom is 0.243 e. The summed E-state index contributed by atoms with van der Waals surface area (Å²) in [6.45, 7) is 2.33. The fraction of sp³-hybridized carbons (Fsp3) is 0.462. The van der Waals surface area contributed by atoms with E-state index in [0.29, 0.717) is 0 Å². The van der Waals surface area contributed by atoms with E-state index in [2.05, 4.69) is 0 Å². The van der Waals surface area contributed by atoms with Crippen LogP contribution in [0.2, 0.25) is 0 Å². The Kier molecular flexibility index (Phi) is 4.58. The first kappa shape index (κ1) is 15.9. The number of benzene rings is 1. The van der Waals surface area contributed by atoms with Gasteiger partial charge >= 0.3 is 0 Å². The number of nitriles is 1. The van der Waals surface area contributed by atoms with Gasteiger partial charge in [-0.1, -0.05) is 0 Å². The topological polar surface area (TPSA) is 96.4 Å². The third-order valence-corrected chi connectivity index (χ3v) is 5.20. The Balaban J connectivity index is 2.32. The van der Waals surface area contributed by atoms with E-state index >= 15 is 0 Å². The second kappa shape index (κ2) is 6.07. The molecule has 0 radical (unpaired) electrons. The van der Waals surface area contributed by atoms with E-state index in [1.807, 2.05) is 0 Å². The van der Waals surface area contributed by atoms with Crippen LogP contribution in [0.5, 0.6) is 0 Å². The number of halogens is 1. The molecule has 0 bridgehead atoms. The van der Waals surface area contributed by atoms with Crippen LogP contribution in [0.1, 0.15) is 12.5 Å². The quantitative estimate of drug-likeness (QED) is 0.873. The Hall–Kier alpha value is -1.53. The zero-order valence-electron chi connectivity index (χ0n) is 11.5. The largest absolute Gasteiger partial charge is 0.374 e. The van der Waals surface area contributed by atoms with Gasteiger partial charge in [-0.15, -0.1) is 0 Å². The predicted octanol–water partition coefficient (Wildman–Crippen LogP) is 0.434. The number of nitrogens with two attached hydrogens (primary N) is 1. The Morgan fingerprint density at radius 2 is 2.29 bits per heavy atom. The van der Waals surface area contributed by atoms with Crippen LogP contribution < -0.4 is 5.73 Å². The summed E-state index contributed by atoms with van der Waals surface area (Å²) in [6.07, 6.45) is -0.385. The first-order valence-electron chi connectivity index (χ1n) is 6.43. The van der Waals surface area contributed by atoms with Crippen molar-refractivity contribution in [2.45, 2.75) is 24.0 Å². The molecular weight excluding hydrogens is 297 g/mol. The monoisotopic (exact) mass is 313 g/mol. The lowest BCUT2D eigenvalue weighted by Gasteiger charge is -2.33. The Labute approximate surface area is 123 Å². The summed E-state index contributed by atoms with van der Waals surface area (Å²) in [5.74, 6) is -0.744. The molecule has 2 unspecified atom stereocenters. The van der Waals surface area contributed by atoms with Gasteiger partial charge in [-0.25, -0.2) is 12.8 Å². The molecular formula is C13H16FN3O3S. The third-order valence-electron chi connectivity index (χ3n) is 3.34. The molecule has 8 heteroatoms. The number of sulfonamides is 1. The fourth-order valence-electron chi connectivity index (χ4n) is 2.09. The molecule has 2 atom stereocenters. The average Bonchev–Trinajstić information content (AvgIpc) is 2.47. The summed E-state index contributed by atoms with van der Waals surface area (Å²) in [4.78, 5) is -0.106. The van der Waals surface area contributed by atoms with E-state index in [1.165, 1.54) is 4.31 Å². The molecule has 1 aromatic rings.